The summed E-state index contributed by atoms with van der Waals surface area (Å²) in [7, 11) is 0. The van der Waals surface area contributed by atoms with Gasteiger partial charge in [-0.25, -0.2) is 0 Å². The smallest absolute Gasteiger partial charge is 0.300 e. The number of hydrazine groups is 1. The number of nitrogens with zero attached hydrogens (tertiary/aromatic N) is 3. The van der Waals surface area contributed by atoms with E-state index in [1.54, 1.807) is 0 Å². The molecule has 11 nitrogen and oxygen atoms in total. The second-order valence-corrected chi connectivity index (χ2v) is 4.27. The van der Waals surface area contributed by atoms with Gasteiger partial charge in [0, 0.05) is 18.2 Å². The maximum Gasteiger partial charge on any atom is 0.300 e. The number of non-ortho nitro benzene ring substituents is 2. The van der Waals surface area contributed by atoms with Gasteiger partial charge < -0.3 is 5.43 Å². The van der Waals surface area contributed by atoms with Crippen molar-refractivity contribution in [2.45, 2.75) is 0 Å². The Morgan fingerprint density at radius 1 is 0.739 bits per heavy atom. The van der Waals surface area contributed by atoms with Crippen molar-refractivity contribution in [3.8, 4) is 0 Å². The van der Waals surface area contributed by atoms with Crippen molar-refractivity contribution >= 4 is 28.4 Å². The molecule has 0 radical (unpaired) electrons. The van der Waals surface area contributed by atoms with Gasteiger partial charge in [-0.1, -0.05) is 6.07 Å². The van der Waals surface area contributed by atoms with Crippen molar-refractivity contribution in [2.75, 3.05) is 10.9 Å². The van der Waals surface area contributed by atoms with Crippen LogP contribution in [0.15, 0.2) is 42.5 Å². The molecule has 0 amide bonds. The Morgan fingerprint density at radius 3 is 2.00 bits per heavy atom. The molecular weight excluding hydrogens is 310 g/mol. The molecule has 0 aliphatic heterocycles. The number of anilines is 2. The Labute approximate surface area is 128 Å². The molecule has 0 heterocycles. The van der Waals surface area contributed by atoms with Crippen molar-refractivity contribution in [3.63, 3.8) is 0 Å². The summed E-state index contributed by atoms with van der Waals surface area (Å²) in [5, 5.41) is 32.3. The highest BCUT2D eigenvalue weighted by molar-refractivity contribution is 5.67. The van der Waals surface area contributed by atoms with Crippen LogP contribution in [0.4, 0.5) is 28.4 Å². The highest BCUT2D eigenvalue weighted by atomic mass is 16.6. The molecule has 23 heavy (non-hydrogen) atoms. The zero-order valence-corrected chi connectivity index (χ0v) is 11.3. The Balaban J connectivity index is 2.23. The summed E-state index contributed by atoms with van der Waals surface area (Å²) in [6.07, 6.45) is 0. The summed E-state index contributed by atoms with van der Waals surface area (Å²) < 4.78 is 0. The van der Waals surface area contributed by atoms with E-state index < -0.39 is 26.1 Å². The first kappa shape index (κ1) is 15.6. The third-order valence-electron chi connectivity index (χ3n) is 2.79. The predicted molar refractivity (Wildman–Crippen MR) is 80.1 cm³/mol. The van der Waals surface area contributed by atoms with Crippen LogP contribution in [0.25, 0.3) is 0 Å². The fraction of sp³-hybridized carbons (Fsp3) is 0. The lowest BCUT2D eigenvalue weighted by molar-refractivity contribution is -0.393. The lowest BCUT2D eigenvalue weighted by atomic mass is 10.2. The van der Waals surface area contributed by atoms with Crippen LogP contribution >= 0.6 is 0 Å². The van der Waals surface area contributed by atoms with Gasteiger partial charge in [-0.3, -0.25) is 35.8 Å². The number of nitro benzene ring substituents is 3. The molecule has 0 saturated carbocycles. The minimum Gasteiger partial charge on any atom is -0.300 e. The van der Waals surface area contributed by atoms with Crippen molar-refractivity contribution < 1.29 is 14.8 Å². The first-order valence-corrected chi connectivity index (χ1v) is 6.08. The van der Waals surface area contributed by atoms with Crippen LogP contribution in [0.2, 0.25) is 0 Å². The normalized spacial score (nSPS) is 9.91. The molecule has 118 valence electrons. The maximum atomic E-state index is 11.0. The van der Waals surface area contributed by atoms with Crippen LogP contribution in [0.3, 0.4) is 0 Å². The average molecular weight is 319 g/mol. The van der Waals surface area contributed by atoms with E-state index in [4.69, 9.17) is 0 Å². The van der Waals surface area contributed by atoms with E-state index in [0.29, 0.717) is 5.69 Å². The van der Waals surface area contributed by atoms with Crippen LogP contribution in [0, 0.1) is 30.3 Å². The fourth-order valence-corrected chi connectivity index (χ4v) is 1.73. The van der Waals surface area contributed by atoms with Crippen molar-refractivity contribution in [2.24, 2.45) is 0 Å². The summed E-state index contributed by atoms with van der Waals surface area (Å²) in [5.41, 5.74) is 4.28. The first-order valence-electron chi connectivity index (χ1n) is 6.08. The van der Waals surface area contributed by atoms with Gasteiger partial charge in [-0.2, -0.15) is 0 Å². The van der Waals surface area contributed by atoms with E-state index in [0.717, 1.165) is 12.1 Å². The van der Waals surface area contributed by atoms with Gasteiger partial charge >= 0.3 is 5.69 Å². The topological polar surface area (TPSA) is 153 Å². The minimum atomic E-state index is -0.773. The third-order valence-corrected chi connectivity index (χ3v) is 2.79. The van der Waals surface area contributed by atoms with E-state index >= 15 is 0 Å². The number of nitrogens with one attached hydrogen (secondary N) is 2. The molecule has 0 unspecified atom stereocenters. The Morgan fingerprint density at radius 2 is 1.39 bits per heavy atom. The third kappa shape index (κ3) is 3.66. The molecule has 2 N–H and O–H groups in total. The van der Waals surface area contributed by atoms with Gasteiger partial charge in [0.25, 0.3) is 11.4 Å². The molecule has 0 bridgehead atoms. The average Bonchev–Trinajstić information content (AvgIpc) is 2.52. The summed E-state index contributed by atoms with van der Waals surface area (Å²) in [6.45, 7) is 0. The molecule has 0 saturated heterocycles. The van der Waals surface area contributed by atoms with Gasteiger partial charge in [0.05, 0.1) is 26.5 Å². The van der Waals surface area contributed by atoms with Gasteiger partial charge in [-0.05, 0) is 12.1 Å². The summed E-state index contributed by atoms with van der Waals surface area (Å²) in [5.74, 6) is 0. The zero-order chi connectivity index (χ0) is 17.0. The highest BCUT2D eigenvalue weighted by Gasteiger charge is 2.19. The van der Waals surface area contributed by atoms with Crippen LogP contribution in [0.5, 0.6) is 0 Å². The van der Waals surface area contributed by atoms with Crippen LogP contribution < -0.4 is 10.9 Å². The molecule has 0 atom stereocenters. The number of hydrogen-bond donors (Lipinski definition) is 2. The molecule has 0 spiro atoms. The van der Waals surface area contributed by atoms with Gasteiger partial charge in [0.2, 0.25) is 0 Å². The lowest BCUT2D eigenvalue weighted by Crippen LogP contribution is -2.10. The molecule has 0 aromatic heterocycles. The number of benzene rings is 2. The lowest BCUT2D eigenvalue weighted by Gasteiger charge is -2.09. The zero-order valence-electron chi connectivity index (χ0n) is 11.3. The van der Waals surface area contributed by atoms with Crippen molar-refractivity contribution in [3.05, 3.63) is 72.8 Å². The summed E-state index contributed by atoms with van der Waals surface area (Å²) >= 11 is 0. The standard InChI is InChI=1S/C12H9N5O6/c18-15(19)9-3-1-2-8(6-9)13-14-11-5-4-10(16(20)21)7-12(11)17(22)23/h1-7,13-14H. The molecule has 2 aromatic carbocycles. The quantitative estimate of drug-likeness (QED) is 0.608. The minimum absolute atomic E-state index is 0.0212. The predicted octanol–water partition coefficient (Wildman–Crippen LogP) is 2.85. The molecule has 2 rings (SSSR count). The number of nitro groups is 3. The molecule has 0 fully saturated rings. The van der Waals surface area contributed by atoms with Crippen LogP contribution in [-0.2, 0) is 0 Å². The Bertz CT molecular complexity index is 793. The van der Waals surface area contributed by atoms with Crippen molar-refractivity contribution in [1.82, 2.24) is 0 Å². The maximum absolute atomic E-state index is 11.0. The van der Waals surface area contributed by atoms with E-state index in [2.05, 4.69) is 10.9 Å². The van der Waals surface area contributed by atoms with Crippen LogP contribution in [0.1, 0.15) is 0 Å². The second kappa shape index (κ2) is 6.34. The van der Waals surface area contributed by atoms with Gasteiger partial charge in [0.15, 0.2) is 0 Å². The molecule has 2 aromatic rings. The molecule has 0 aliphatic carbocycles. The van der Waals surface area contributed by atoms with E-state index in [-0.39, 0.29) is 11.4 Å². The SMILES string of the molecule is O=[N+]([O-])c1cccc(NNc2ccc([N+](=O)[O-])cc2[N+](=O)[O-])c1. The fourth-order valence-electron chi connectivity index (χ4n) is 1.73. The second-order valence-electron chi connectivity index (χ2n) is 4.27. The number of rotatable bonds is 6. The summed E-state index contributed by atoms with van der Waals surface area (Å²) in [4.78, 5) is 30.2. The highest BCUT2D eigenvalue weighted by Crippen LogP contribution is 2.29. The van der Waals surface area contributed by atoms with E-state index in [9.17, 15) is 30.3 Å². The van der Waals surface area contributed by atoms with E-state index in [1.807, 2.05) is 0 Å². The monoisotopic (exact) mass is 319 g/mol. The first-order chi connectivity index (χ1) is 10.9. The molecule has 11 heteroatoms. The largest absolute Gasteiger partial charge is 0.300 e. The van der Waals surface area contributed by atoms with Gasteiger partial charge in [0.1, 0.15) is 5.69 Å². The van der Waals surface area contributed by atoms with Crippen molar-refractivity contribution in [1.29, 1.82) is 0 Å². The van der Waals surface area contributed by atoms with E-state index in [1.165, 1.54) is 30.3 Å². The Hall–Kier alpha value is -3.76. The number of hydrogen-bond acceptors (Lipinski definition) is 8. The Kier molecular flexibility index (Phi) is 4.31. The molecular formula is C12H9N5O6. The van der Waals surface area contributed by atoms with Crippen LogP contribution in [-0.4, -0.2) is 14.8 Å². The summed E-state index contributed by atoms with van der Waals surface area (Å²) in [6, 6.07) is 8.55. The van der Waals surface area contributed by atoms with Gasteiger partial charge in [-0.15, -0.1) is 0 Å². The molecule has 0 aliphatic rings.